The van der Waals surface area contributed by atoms with Crippen molar-refractivity contribution in [1.82, 2.24) is 4.90 Å². The van der Waals surface area contributed by atoms with Crippen molar-refractivity contribution in [3.8, 4) is 11.5 Å². The summed E-state index contributed by atoms with van der Waals surface area (Å²) in [6.45, 7) is 5.48. The summed E-state index contributed by atoms with van der Waals surface area (Å²) in [6.07, 6.45) is 0. The molecule has 0 spiro atoms. The molecule has 1 atom stereocenters. The summed E-state index contributed by atoms with van der Waals surface area (Å²) in [6, 6.07) is 22.9. The number of hydrogen-bond donors (Lipinski definition) is 1. The average molecular weight is 433 g/mol. The molecule has 1 N–H and O–H groups in total. The van der Waals surface area contributed by atoms with Gasteiger partial charge >= 0.3 is 5.97 Å². The predicted octanol–water partition coefficient (Wildman–Crippen LogP) is 4.94. The van der Waals surface area contributed by atoms with Gasteiger partial charge < -0.3 is 14.8 Å². The van der Waals surface area contributed by atoms with Crippen molar-refractivity contribution in [3.05, 3.63) is 90.0 Å². The lowest BCUT2D eigenvalue weighted by molar-refractivity contribution is -0.140. The number of benzene rings is 3. The first-order chi connectivity index (χ1) is 15.6. The molecule has 0 aliphatic rings. The molecule has 6 nitrogen and oxygen atoms in total. The van der Waals surface area contributed by atoms with Gasteiger partial charge in [0.25, 0.3) is 5.91 Å². The second-order valence-electron chi connectivity index (χ2n) is 7.13. The Balaban J connectivity index is 1.71. The minimum Gasteiger partial charge on any atom is -0.496 e. The molecule has 6 heteroatoms. The van der Waals surface area contributed by atoms with Gasteiger partial charge in [-0.3, -0.25) is 9.69 Å². The standard InChI is InChI=1S/C26H28N2O4/c1-4-28(5-2)24(19-11-7-6-8-12-19)26(30)32-21-17-15-20(16-18-21)27-25(29)22-13-9-10-14-23(22)31-3/h6-18,24H,4-5H2,1-3H3,(H,27,29). The van der Waals surface area contributed by atoms with Crippen molar-refractivity contribution in [3.63, 3.8) is 0 Å². The van der Waals surface area contributed by atoms with E-state index in [2.05, 4.69) is 10.2 Å². The molecule has 0 saturated heterocycles. The fraction of sp³-hybridized carbons (Fsp3) is 0.231. The molecule has 0 saturated carbocycles. The number of nitrogens with one attached hydrogen (secondary N) is 1. The van der Waals surface area contributed by atoms with Crippen molar-refractivity contribution >= 4 is 17.6 Å². The van der Waals surface area contributed by atoms with E-state index in [-0.39, 0.29) is 11.9 Å². The molecule has 3 aromatic carbocycles. The van der Waals surface area contributed by atoms with Gasteiger partial charge in [0.2, 0.25) is 0 Å². The quantitative estimate of drug-likeness (QED) is 0.383. The van der Waals surface area contributed by atoms with Crippen LogP contribution in [0.2, 0.25) is 0 Å². The molecule has 1 amide bonds. The molecule has 0 fully saturated rings. The Morgan fingerprint density at radius 1 is 0.875 bits per heavy atom. The van der Waals surface area contributed by atoms with Gasteiger partial charge in [0.05, 0.1) is 12.7 Å². The molecule has 1 unspecified atom stereocenters. The lowest BCUT2D eigenvalue weighted by Gasteiger charge is -2.28. The number of carbonyl (C=O) groups excluding carboxylic acids is 2. The number of rotatable bonds is 9. The van der Waals surface area contributed by atoms with Crippen LogP contribution in [-0.2, 0) is 4.79 Å². The predicted molar refractivity (Wildman–Crippen MR) is 125 cm³/mol. The number of nitrogens with zero attached hydrogens (tertiary/aromatic N) is 1. The van der Waals surface area contributed by atoms with Gasteiger partial charge in [0.15, 0.2) is 0 Å². The number of carbonyl (C=O) groups is 2. The number of anilines is 1. The fourth-order valence-electron chi connectivity index (χ4n) is 3.53. The Hall–Kier alpha value is -3.64. The summed E-state index contributed by atoms with van der Waals surface area (Å²) in [5, 5.41) is 2.83. The van der Waals surface area contributed by atoms with E-state index in [1.165, 1.54) is 7.11 Å². The van der Waals surface area contributed by atoms with Crippen molar-refractivity contribution in [1.29, 1.82) is 0 Å². The number of methoxy groups -OCH3 is 1. The summed E-state index contributed by atoms with van der Waals surface area (Å²) in [5.41, 5.74) is 1.92. The van der Waals surface area contributed by atoms with Gasteiger partial charge in [0, 0.05) is 5.69 Å². The van der Waals surface area contributed by atoms with Gasteiger partial charge in [-0.05, 0) is 55.1 Å². The monoisotopic (exact) mass is 432 g/mol. The van der Waals surface area contributed by atoms with Gasteiger partial charge in [0.1, 0.15) is 17.5 Å². The van der Waals surface area contributed by atoms with Crippen LogP contribution >= 0.6 is 0 Å². The van der Waals surface area contributed by atoms with Crippen molar-refractivity contribution in [2.24, 2.45) is 0 Å². The van der Waals surface area contributed by atoms with Gasteiger partial charge in [-0.1, -0.05) is 56.3 Å². The molecule has 166 valence electrons. The van der Waals surface area contributed by atoms with Crippen LogP contribution in [0, 0.1) is 0 Å². The molecular weight excluding hydrogens is 404 g/mol. The van der Waals surface area contributed by atoms with Crippen molar-refractivity contribution in [2.45, 2.75) is 19.9 Å². The molecule has 0 bridgehead atoms. The molecular formula is C26H28N2O4. The highest BCUT2D eigenvalue weighted by atomic mass is 16.5. The molecule has 0 aliphatic heterocycles. The highest BCUT2D eigenvalue weighted by Gasteiger charge is 2.27. The molecule has 0 radical (unpaired) electrons. The maximum Gasteiger partial charge on any atom is 0.333 e. The van der Waals surface area contributed by atoms with Crippen LogP contribution in [0.1, 0.15) is 35.8 Å². The number of ether oxygens (including phenoxy) is 2. The minimum atomic E-state index is -0.490. The summed E-state index contributed by atoms with van der Waals surface area (Å²) in [7, 11) is 1.52. The third-order valence-corrected chi connectivity index (χ3v) is 5.20. The second kappa shape index (κ2) is 11.1. The maximum atomic E-state index is 13.0. The molecule has 0 aromatic heterocycles. The summed E-state index contributed by atoms with van der Waals surface area (Å²) < 4.78 is 10.9. The SMILES string of the molecule is CCN(CC)C(C(=O)Oc1ccc(NC(=O)c2ccccc2OC)cc1)c1ccccc1. The zero-order chi connectivity index (χ0) is 22.9. The molecule has 3 rings (SSSR count). The lowest BCUT2D eigenvalue weighted by atomic mass is 10.1. The first-order valence-corrected chi connectivity index (χ1v) is 10.6. The lowest BCUT2D eigenvalue weighted by Crippen LogP contribution is -2.36. The topological polar surface area (TPSA) is 67.9 Å². The Morgan fingerprint density at radius 3 is 2.12 bits per heavy atom. The zero-order valence-corrected chi connectivity index (χ0v) is 18.6. The number of esters is 1. The Bertz CT molecular complexity index is 1030. The Morgan fingerprint density at radius 2 is 1.50 bits per heavy atom. The normalized spacial score (nSPS) is 11.6. The van der Waals surface area contributed by atoms with Crippen LogP contribution in [0.3, 0.4) is 0 Å². The van der Waals surface area contributed by atoms with E-state index >= 15 is 0 Å². The number of amides is 1. The van der Waals surface area contributed by atoms with E-state index in [9.17, 15) is 9.59 Å². The minimum absolute atomic E-state index is 0.280. The first kappa shape index (κ1) is 23.0. The van der Waals surface area contributed by atoms with Crippen molar-refractivity contribution < 1.29 is 19.1 Å². The molecule has 32 heavy (non-hydrogen) atoms. The summed E-state index contributed by atoms with van der Waals surface area (Å²) in [4.78, 5) is 27.7. The van der Waals surface area contributed by atoms with Crippen LogP contribution < -0.4 is 14.8 Å². The highest BCUT2D eigenvalue weighted by molar-refractivity contribution is 6.06. The fourth-order valence-corrected chi connectivity index (χ4v) is 3.53. The van der Waals surface area contributed by atoms with E-state index in [1.54, 1.807) is 48.5 Å². The largest absolute Gasteiger partial charge is 0.496 e. The van der Waals surface area contributed by atoms with Gasteiger partial charge in [-0.25, -0.2) is 4.79 Å². The van der Waals surface area contributed by atoms with E-state index in [1.807, 2.05) is 44.2 Å². The first-order valence-electron chi connectivity index (χ1n) is 10.6. The third kappa shape index (κ3) is 5.53. The number of likely N-dealkylation sites (N-methyl/N-ethyl adjacent to an activating group) is 1. The van der Waals surface area contributed by atoms with Gasteiger partial charge in [-0.15, -0.1) is 0 Å². The van der Waals surface area contributed by atoms with E-state index < -0.39 is 6.04 Å². The number of para-hydroxylation sites is 1. The van der Waals surface area contributed by atoms with Crippen LogP contribution in [0.5, 0.6) is 11.5 Å². The van der Waals surface area contributed by atoms with E-state index in [4.69, 9.17) is 9.47 Å². The van der Waals surface area contributed by atoms with E-state index in [0.717, 1.165) is 18.7 Å². The Labute approximate surface area is 188 Å². The average Bonchev–Trinajstić information content (AvgIpc) is 2.84. The zero-order valence-electron chi connectivity index (χ0n) is 18.6. The Kier molecular flexibility index (Phi) is 8.00. The molecule has 3 aromatic rings. The van der Waals surface area contributed by atoms with Crippen LogP contribution in [0.15, 0.2) is 78.9 Å². The third-order valence-electron chi connectivity index (χ3n) is 5.20. The number of hydrogen-bond acceptors (Lipinski definition) is 5. The van der Waals surface area contributed by atoms with Crippen LogP contribution in [0.4, 0.5) is 5.69 Å². The molecule has 0 aliphatic carbocycles. The van der Waals surface area contributed by atoms with Gasteiger partial charge in [-0.2, -0.15) is 0 Å². The highest BCUT2D eigenvalue weighted by Crippen LogP contribution is 2.25. The summed E-state index contributed by atoms with van der Waals surface area (Å²) in [5.74, 6) is 0.292. The smallest absolute Gasteiger partial charge is 0.333 e. The maximum absolute atomic E-state index is 13.0. The molecule has 0 heterocycles. The second-order valence-corrected chi connectivity index (χ2v) is 7.13. The van der Waals surface area contributed by atoms with E-state index in [0.29, 0.717) is 22.7 Å². The van der Waals surface area contributed by atoms with Crippen LogP contribution in [0.25, 0.3) is 0 Å². The summed E-state index contributed by atoms with van der Waals surface area (Å²) >= 11 is 0. The van der Waals surface area contributed by atoms with Crippen LogP contribution in [-0.4, -0.2) is 37.0 Å². The van der Waals surface area contributed by atoms with Crippen molar-refractivity contribution in [2.75, 3.05) is 25.5 Å².